The summed E-state index contributed by atoms with van der Waals surface area (Å²) in [4.78, 5) is 15.0. The minimum Gasteiger partial charge on any atom is -0.324 e. The molecule has 2 aromatic heterocycles. The molecule has 0 aliphatic carbocycles. The van der Waals surface area contributed by atoms with E-state index >= 15 is 0 Å². The average Bonchev–Trinajstić information content (AvgIpc) is 2.59. The van der Waals surface area contributed by atoms with Crippen LogP contribution in [-0.4, -0.2) is 21.2 Å². The van der Waals surface area contributed by atoms with Crippen LogP contribution in [-0.2, 0) is 4.79 Å². The molecule has 0 aliphatic rings. The highest BCUT2D eigenvalue weighted by molar-refractivity contribution is 6.29. The van der Waals surface area contributed by atoms with E-state index in [0.717, 1.165) is 0 Å². The molecular formula is C10H9ClFN3O. The van der Waals surface area contributed by atoms with Gasteiger partial charge in [0.1, 0.15) is 5.88 Å². The van der Waals surface area contributed by atoms with Crippen LogP contribution in [0.15, 0.2) is 18.5 Å². The summed E-state index contributed by atoms with van der Waals surface area (Å²) in [5.41, 5.74) is 1.30. The quantitative estimate of drug-likeness (QED) is 0.817. The lowest BCUT2D eigenvalue weighted by atomic mass is 10.4. The number of aryl methyl sites for hydroxylation is 1. The van der Waals surface area contributed by atoms with Gasteiger partial charge in [-0.15, -0.1) is 11.6 Å². The molecule has 0 bridgehead atoms. The summed E-state index contributed by atoms with van der Waals surface area (Å²) < 4.78 is 15.1. The fourth-order valence-electron chi connectivity index (χ4n) is 1.44. The largest absolute Gasteiger partial charge is 0.324 e. The van der Waals surface area contributed by atoms with E-state index in [9.17, 15) is 9.18 Å². The molecule has 4 nitrogen and oxygen atoms in total. The van der Waals surface area contributed by atoms with Gasteiger partial charge in [-0.25, -0.2) is 9.37 Å². The van der Waals surface area contributed by atoms with Gasteiger partial charge in [-0.1, -0.05) is 0 Å². The van der Waals surface area contributed by atoms with Gasteiger partial charge >= 0.3 is 0 Å². The maximum absolute atomic E-state index is 13.5. The molecule has 0 spiro atoms. The Hall–Kier alpha value is -1.62. The van der Waals surface area contributed by atoms with Crippen LogP contribution in [0, 0.1) is 12.7 Å². The molecule has 0 atom stereocenters. The first-order chi connectivity index (χ1) is 7.60. The first-order valence-electron chi connectivity index (χ1n) is 4.61. The third kappa shape index (κ3) is 1.99. The fraction of sp³-hybridized carbons (Fsp3) is 0.200. The van der Waals surface area contributed by atoms with Crippen molar-refractivity contribution in [2.24, 2.45) is 0 Å². The van der Waals surface area contributed by atoms with Crippen molar-refractivity contribution < 1.29 is 9.18 Å². The van der Waals surface area contributed by atoms with E-state index in [1.165, 1.54) is 10.5 Å². The minimum atomic E-state index is -0.486. The molecule has 1 N–H and O–H groups in total. The lowest BCUT2D eigenvalue weighted by Gasteiger charge is -2.04. The number of carbonyl (C=O) groups excluding carboxylic acids is 1. The number of hydrogen-bond acceptors (Lipinski definition) is 2. The van der Waals surface area contributed by atoms with E-state index < -0.39 is 5.82 Å². The summed E-state index contributed by atoms with van der Waals surface area (Å²) in [5, 5.41) is 2.47. The molecule has 0 saturated carbocycles. The number of nitrogens with zero attached hydrogens (tertiary/aromatic N) is 2. The van der Waals surface area contributed by atoms with E-state index in [-0.39, 0.29) is 17.4 Å². The molecule has 0 unspecified atom stereocenters. The van der Waals surface area contributed by atoms with Crippen LogP contribution in [0.1, 0.15) is 5.69 Å². The molecule has 0 saturated heterocycles. The van der Waals surface area contributed by atoms with E-state index in [2.05, 4.69) is 10.3 Å². The summed E-state index contributed by atoms with van der Waals surface area (Å²) in [7, 11) is 0. The molecule has 1 amide bonds. The maximum atomic E-state index is 13.5. The number of fused-ring (bicyclic) bond motifs is 1. The number of imidazole rings is 1. The molecule has 6 heteroatoms. The SMILES string of the molecule is Cc1cn2cc(NC(=O)CCl)cc(F)c2n1. The molecule has 16 heavy (non-hydrogen) atoms. The van der Waals surface area contributed by atoms with Crippen molar-refractivity contribution in [3.63, 3.8) is 0 Å². The Morgan fingerprint density at radius 3 is 3.06 bits per heavy atom. The summed E-state index contributed by atoms with van der Waals surface area (Å²) in [5.74, 6) is -1.03. The number of amides is 1. The van der Waals surface area contributed by atoms with Gasteiger partial charge in [0, 0.05) is 18.5 Å². The maximum Gasteiger partial charge on any atom is 0.239 e. The molecular weight excluding hydrogens is 233 g/mol. The van der Waals surface area contributed by atoms with Crippen molar-refractivity contribution in [3.05, 3.63) is 30.0 Å². The number of anilines is 1. The topological polar surface area (TPSA) is 46.4 Å². The van der Waals surface area contributed by atoms with Gasteiger partial charge in [0.25, 0.3) is 0 Å². The van der Waals surface area contributed by atoms with Crippen molar-refractivity contribution >= 4 is 28.8 Å². The van der Waals surface area contributed by atoms with Crippen LogP contribution in [0.2, 0.25) is 0 Å². The van der Waals surface area contributed by atoms with E-state index in [1.54, 1.807) is 19.3 Å². The molecule has 0 aliphatic heterocycles. The highest BCUT2D eigenvalue weighted by Crippen LogP contribution is 2.15. The van der Waals surface area contributed by atoms with Crippen LogP contribution in [0.4, 0.5) is 10.1 Å². The van der Waals surface area contributed by atoms with Gasteiger partial charge in [0.2, 0.25) is 5.91 Å². The van der Waals surface area contributed by atoms with Gasteiger partial charge in [0.15, 0.2) is 11.5 Å². The normalized spacial score (nSPS) is 10.7. The zero-order valence-corrected chi connectivity index (χ0v) is 9.25. The predicted molar refractivity (Wildman–Crippen MR) is 59.2 cm³/mol. The molecule has 2 heterocycles. The number of pyridine rings is 1. The predicted octanol–water partition coefficient (Wildman–Crippen LogP) is 1.96. The molecule has 2 aromatic rings. The summed E-state index contributed by atoms with van der Waals surface area (Å²) in [6, 6.07) is 1.21. The van der Waals surface area contributed by atoms with Crippen molar-refractivity contribution in [3.8, 4) is 0 Å². The first-order valence-corrected chi connectivity index (χ1v) is 5.14. The molecule has 84 valence electrons. The van der Waals surface area contributed by atoms with E-state index in [1.807, 2.05) is 0 Å². The Balaban J connectivity index is 2.45. The Morgan fingerprint density at radius 1 is 1.62 bits per heavy atom. The second kappa shape index (κ2) is 4.09. The average molecular weight is 242 g/mol. The third-order valence-corrected chi connectivity index (χ3v) is 2.27. The zero-order valence-electron chi connectivity index (χ0n) is 8.50. The summed E-state index contributed by atoms with van der Waals surface area (Å²) >= 11 is 5.34. The number of halogens is 2. The van der Waals surface area contributed by atoms with Gasteiger partial charge in [-0.05, 0) is 6.92 Å². The number of hydrogen-bond donors (Lipinski definition) is 1. The number of rotatable bonds is 2. The van der Waals surface area contributed by atoms with Crippen LogP contribution >= 0.6 is 11.6 Å². The van der Waals surface area contributed by atoms with E-state index in [0.29, 0.717) is 11.4 Å². The number of nitrogens with one attached hydrogen (secondary N) is 1. The second-order valence-corrected chi connectivity index (χ2v) is 3.64. The minimum absolute atomic E-state index is 0.164. The number of alkyl halides is 1. The van der Waals surface area contributed by atoms with Crippen molar-refractivity contribution in [1.82, 2.24) is 9.38 Å². The Morgan fingerprint density at radius 2 is 2.38 bits per heavy atom. The summed E-state index contributed by atoms with van der Waals surface area (Å²) in [6.07, 6.45) is 3.26. The van der Waals surface area contributed by atoms with Crippen molar-refractivity contribution in [1.29, 1.82) is 0 Å². The zero-order chi connectivity index (χ0) is 11.7. The molecule has 0 fully saturated rings. The van der Waals surface area contributed by atoms with Crippen LogP contribution in [0.5, 0.6) is 0 Å². The second-order valence-electron chi connectivity index (χ2n) is 3.37. The van der Waals surface area contributed by atoms with Crippen LogP contribution in [0.3, 0.4) is 0 Å². The monoisotopic (exact) mass is 241 g/mol. The van der Waals surface area contributed by atoms with Crippen molar-refractivity contribution in [2.45, 2.75) is 6.92 Å². The number of carbonyl (C=O) groups is 1. The standard InChI is InChI=1S/C10H9ClFN3O/c1-6-4-15-5-7(14-9(16)3-11)2-8(12)10(15)13-6/h2,4-5H,3H2,1H3,(H,14,16). The van der Waals surface area contributed by atoms with E-state index in [4.69, 9.17) is 11.6 Å². The highest BCUT2D eigenvalue weighted by Gasteiger charge is 2.08. The van der Waals surface area contributed by atoms with Crippen LogP contribution < -0.4 is 5.32 Å². The first kappa shape index (κ1) is 10.9. The van der Waals surface area contributed by atoms with Gasteiger partial charge in [-0.2, -0.15) is 0 Å². The highest BCUT2D eigenvalue weighted by atomic mass is 35.5. The molecule has 0 aromatic carbocycles. The third-order valence-electron chi connectivity index (χ3n) is 2.03. The van der Waals surface area contributed by atoms with Gasteiger partial charge in [-0.3, -0.25) is 4.79 Å². The smallest absolute Gasteiger partial charge is 0.239 e. The Kier molecular flexibility index (Phi) is 2.78. The van der Waals surface area contributed by atoms with Crippen molar-refractivity contribution in [2.75, 3.05) is 11.2 Å². The molecule has 2 rings (SSSR count). The van der Waals surface area contributed by atoms with Crippen LogP contribution in [0.25, 0.3) is 5.65 Å². The van der Waals surface area contributed by atoms with Gasteiger partial charge < -0.3 is 9.72 Å². The number of aromatic nitrogens is 2. The molecule has 0 radical (unpaired) electrons. The summed E-state index contributed by atoms with van der Waals surface area (Å²) in [6.45, 7) is 1.77. The lowest BCUT2D eigenvalue weighted by molar-refractivity contribution is -0.113. The Bertz CT molecular complexity index is 552. The fourth-order valence-corrected chi connectivity index (χ4v) is 1.51. The van der Waals surface area contributed by atoms with Gasteiger partial charge in [0.05, 0.1) is 11.4 Å². The Labute approximate surface area is 96.0 Å². The lowest BCUT2D eigenvalue weighted by Crippen LogP contribution is -2.13.